The lowest BCUT2D eigenvalue weighted by Gasteiger charge is -2.41. The van der Waals surface area contributed by atoms with Crippen LogP contribution in [0.4, 0.5) is 0 Å². The first-order valence-corrected chi connectivity index (χ1v) is 8.81. The molecule has 1 heteroatoms. The summed E-state index contributed by atoms with van der Waals surface area (Å²) in [5, 5.41) is 4.01. The maximum atomic E-state index is 4.01. The molecule has 0 amide bonds. The van der Waals surface area contributed by atoms with Gasteiger partial charge in [0.05, 0.1) is 0 Å². The van der Waals surface area contributed by atoms with Gasteiger partial charge in [-0.25, -0.2) is 0 Å². The van der Waals surface area contributed by atoms with Gasteiger partial charge in [0.1, 0.15) is 0 Å². The lowest BCUT2D eigenvalue weighted by molar-refractivity contribution is 0.214. The van der Waals surface area contributed by atoms with E-state index in [1.54, 1.807) is 11.1 Å². The van der Waals surface area contributed by atoms with Gasteiger partial charge in [-0.3, -0.25) is 0 Å². The van der Waals surface area contributed by atoms with Crippen molar-refractivity contribution in [1.82, 2.24) is 5.32 Å². The first-order chi connectivity index (χ1) is 9.95. The van der Waals surface area contributed by atoms with E-state index >= 15 is 0 Å². The van der Waals surface area contributed by atoms with E-state index in [9.17, 15) is 0 Å². The van der Waals surface area contributed by atoms with E-state index in [0.717, 1.165) is 11.8 Å². The van der Waals surface area contributed by atoms with Crippen molar-refractivity contribution in [1.29, 1.82) is 0 Å². The number of benzene rings is 1. The van der Waals surface area contributed by atoms with Crippen LogP contribution >= 0.6 is 0 Å². The number of hydrogen-bond donors (Lipinski definition) is 1. The van der Waals surface area contributed by atoms with Crippen molar-refractivity contribution in [3.8, 4) is 0 Å². The summed E-state index contributed by atoms with van der Waals surface area (Å²) >= 11 is 0. The molecule has 0 radical (unpaired) electrons. The molecule has 0 aromatic heterocycles. The van der Waals surface area contributed by atoms with E-state index in [0.29, 0.717) is 17.5 Å². The Hall–Kier alpha value is -0.820. The largest absolute Gasteiger partial charge is 0.307 e. The molecule has 21 heavy (non-hydrogen) atoms. The second kappa shape index (κ2) is 5.76. The van der Waals surface area contributed by atoms with Crippen molar-refractivity contribution >= 4 is 0 Å². The van der Waals surface area contributed by atoms with Crippen molar-refractivity contribution in [2.45, 2.75) is 77.3 Å². The molecule has 3 rings (SSSR count). The molecular formula is C20H31N. The minimum Gasteiger partial charge on any atom is -0.307 e. The third-order valence-electron chi connectivity index (χ3n) is 5.74. The standard InChI is InChI=1S/C20H31N/c1-14-11-15(2)13-16(12-14)21-19-9-10-20(3,4)18-8-6-5-7-17(18)19/h5-8,14-16,19,21H,9-13H2,1-4H3. The van der Waals surface area contributed by atoms with Gasteiger partial charge in [0.2, 0.25) is 0 Å². The van der Waals surface area contributed by atoms with Crippen LogP contribution in [0.3, 0.4) is 0 Å². The zero-order valence-corrected chi connectivity index (χ0v) is 14.2. The Morgan fingerprint density at radius 3 is 2.38 bits per heavy atom. The highest BCUT2D eigenvalue weighted by atomic mass is 15.0. The topological polar surface area (TPSA) is 12.0 Å². The molecule has 0 aliphatic heterocycles. The van der Waals surface area contributed by atoms with Crippen LogP contribution in [-0.2, 0) is 5.41 Å². The summed E-state index contributed by atoms with van der Waals surface area (Å²) < 4.78 is 0. The van der Waals surface area contributed by atoms with Gasteiger partial charge in [0.25, 0.3) is 0 Å². The zero-order valence-electron chi connectivity index (χ0n) is 14.2. The van der Waals surface area contributed by atoms with Gasteiger partial charge in [0, 0.05) is 12.1 Å². The summed E-state index contributed by atoms with van der Waals surface area (Å²) in [4.78, 5) is 0. The highest BCUT2D eigenvalue weighted by Gasteiger charge is 2.34. The van der Waals surface area contributed by atoms with Crippen molar-refractivity contribution in [2.75, 3.05) is 0 Å². The van der Waals surface area contributed by atoms with Crippen LogP contribution in [-0.4, -0.2) is 6.04 Å². The molecule has 2 aliphatic rings. The molecule has 3 atom stereocenters. The molecule has 1 saturated carbocycles. The summed E-state index contributed by atoms with van der Waals surface area (Å²) in [5.74, 6) is 1.75. The van der Waals surface area contributed by atoms with Gasteiger partial charge in [-0.1, -0.05) is 52.0 Å². The molecule has 0 heterocycles. The van der Waals surface area contributed by atoms with Crippen molar-refractivity contribution in [3.05, 3.63) is 35.4 Å². The number of rotatable bonds is 2. The monoisotopic (exact) mass is 285 g/mol. The molecule has 1 N–H and O–H groups in total. The van der Waals surface area contributed by atoms with Crippen LogP contribution in [0.5, 0.6) is 0 Å². The molecule has 2 aliphatic carbocycles. The average molecular weight is 285 g/mol. The van der Waals surface area contributed by atoms with E-state index in [-0.39, 0.29) is 0 Å². The fraction of sp³-hybridized carbons (Fsp3) is 0.700. The van der Waals surface area contributed by atoms with E-state index in [4.69, 9.17) is 0 Å². The van der Waals surface area contributed by atoms with E-state index in [2.05, 4.69) is 57.3 Å². The molecule has 0 spiro atoms. The zero-order chi connectivity index (χ0) is 15.0. The third-order valence-corrected chi connectivity index (χ3v) is 5.74. The Bertz CT molecular complexity index is 480. The van der Waals surface area contributed by atoms with Gasteiger partial charge in [-0.2, -0.15) is 0 Å². The first-order valence-electron chi connectivity index (χ1n) is 8.81. The molecule has 1 nitrogen and oxygen atoms in total. The summed E-state index contributed by atoms with van der Waals surface area (Å²) in [6, 6.07) is 10.4. The predicted octanol–water partition coefficient (Wildman–Crippen LogP) is 5.21. The van der Waals surface area contributed by atoms with Gasteiger partial charge < -0.3 is 5.32 Å². The van der Waals surface area contributed by atoms with Gasteiger partial charge in [-0.15, -0.1) is 0 Å². The van der Waals surface area contributed by atoms with Crippen LogP contribution in [0.25, 0.3) is 0 Å². The van der Waals surface area contributed by atoms with Crippen molar-refractivity contribution in [2.24, 2.45) is 11.8 Å². The number of fused-ring (bicyclic) bond motifs is 1. The summed E-state index contributed by atoms with van der Waals surface area (Å²) in [7, 11) is 0. The number of nitrogens with one attached hydrogen (secondary N) is 1. The minimum absolute atomic E-state index is 0.335. The smallest absolute Gasteiger partial charge is 0.0325 e. The fourth-order valence-corrected chi connectivity index (χ4v) is 4.75. The van der Waals surface area contributed by atoms with Crippen LogP contribution < -0.4 is 5.32 Å². The second-order valence-electron chi connectivity index (χ2n) is 8.34. The Morgan fingerprint density at radius 2 is 1.67 bits per heavy atom. The van der Waals surface area contributed by atoms with Crippen LogP contribution in [0, 0.1) is 11.8 Å². The third kappa shape index (κ3) is 3.18. The van der Waals surface area contributed by atoms with Gasteiger partial charge >= 0.3 is 0 Å². The van der Waals surface area contributed by atoms with E-state index in [1.807, 2.05) is 0 Å². The molecule has 1 fully saturated rings. The van der Waals surface area contributed by atoms with Crippen LogP contribution in [0.2, 0.25) is 0 Å². The Kier molecular flexibility index (Phi) is 4.14. The van der Waals surface area contributed by atoms with Crippen molar-refractivity contribution < 1.29 is 0 Å². The average Bonchev–Trinajstić information content (AvgIpc) is 2.41. The predicted molar refractivity (Wildman–Crippen MR) is 90.5 cm³/mol. The molecule has 1 aromatic carbocycles. The molecule has 3 unspecified atom stereocenters. The SMILES string of the molecule is CC1CC(C)CC(NC2CCC(C)(C)c3ccccc32)C1. The van der Waals surface area contributed by atoms with E-state index in [1.165, 1.54) is 32.1 Å². The maximum Gasteiger partial charge on any atom is 0.0325 e. The summed E-state index contributed by atoms with van der Waals surface area (Å²) in [5.41, 5.74) is 3.45. The first kappa shape index (κ1) is 15.1. The lowest BCUT2D eigenvalue weighted by atomic mass is 9.70. The highest BCUT2D eigenvalue weighted by molar-refractivity contribution is 5.38. The summed E-state index contributed by atoms with van der Waals surface area (Å²) in [6.45, 7) is 9.63. The van der Waals surface area contributed by atoms with E-state index < -0.39 is 0 Å². The van der Waals surface area contributed by atoms with Crippen LogP contribution in [0.15, 0.2) is 24.3 Å². The molecule has 0 saturated heterocycles. The highest BCUT2D eigenvalue weighted by Crippen LogP contribution is 2.42. The Labute approximate surface area is 130 Å². The van der Waals surface area contributed by atoms with Crippen LogP contribution in [0.1, 0.15) is 77.0 Å². The quantitative estimate of drug-likeness (QED) is 0.786. The fourth-order valence-electron chi connectivity index (χ4n) is 4.75. The minimum atomic E-state index is 0.335. The molecular weight excluding hydrogens is 254 g/mol. The van der Waals surface area contributed by atoms with Gasteiger partial charge in [0.15, 0.2) is 0 Å². The molecule has 0 bridgehead atoms. The van der Waals surface area contributed by atoms with Crippen molar-refractivity contribution in [3.63, 3.8) is 0 Å². The lowest BCUT2D eigenvalue weighted by Crippen LogP contribution is -2.41. The Morgan fingerprint density at radius 1 is 1.00 bits per heavy atom. The second-order valence-corrected chi connectivity index (χ2v) is 8.34. The Balaban J connectivity index is 1.78. The maximum absolute atomic E-state index is 4.01. The summed E-state index contributed by atoms with van der Waals surface area (Å²) in [6.07, 6.45) is 6.69. The molecule has 1 aromatic rings. The number of hydrogen-bond acceptors (Lipinski definition) is 1. The normalized spacial score (nSPS) is 35.2. The molecule has 116 valence electrons. The van der Waals surface area contributed by atoms with Gasteiger partial charge in [-0.05, 0) is 60.5 Å².